The molecule has 0 bridgehead atoms. The zero-order valence-corrected chi connectivity index (χ0v) is 10.8. The molecular formula is C11H14ClNO2S. The van der Waals surface area contributed by atoms with Gasteiger partial charge in [-0.05, 0) is 24.1 Å². The molecule has 0 spiro atoms. The summed E-state index contributed by atoms with van der Waals surface area (Å²) in [4.78, 5) is 0.317. The maximum Gasteiger partial charge on any atom is 0.182 e. The van der Waals surface area contributed by atoms with E-state index in [0.717, 1.165) is 0 Å². The Morgan fingerprint density at radius 2 is 2.12 bits per heavy atom. The van der Waals surface area contributed by atoms with E-state index in [4.69, 9.17) is 11.6 Å². The summed E-state index contributed by atoms with van der Waals surface area (Å²) in [5, 5.41) is 3.69. The molecule has 1 atom stereocenters. The lowest BCUT2D eigenvalue weighted by molar-refractivity contribution is 0.531. The van der Waals surface area contributed by atoms with Crippen molar-refractivity contribution in [2.24, 2.45) is 5.92 Å². The molecule has 1 heterocycles. The van der Waals surface area contributed by atoms with Crippen molar-refractivity contribution in [3.05, 3.63) is 23.2 Å². The van der Waals surface area contributed by atoms with Gasteiger partial charge in [0.05, 0.1) is 16.3 Å². The molecule has 0 fully saturated rings. The van der Waals surface area contributed by atoms with Gasteiger partial charge in [0.1, 0.15) is 0 Å². The molecule has 0 radical (unpaired) electrons. The monoisotopic (exact) mass is 259 g/mol. The van der Waals surface area contributed by atoms with Crippen molar-refractivity contribution >= 4 is 27.1 Å². The van der Waals surface area contributed by atoms with E-state index in [2.05, 4.69) is 5.32 Å². The van der Waals surface area contributed by atoms with Crippen LogP contribution in [0, 0.1) is 5.92 Å². The molecule has 16 heavy (non-hydrogen) atoms. The Bertz CT molecular complexity index is 511. The Morgan fingerprint density at radius 1 is 1.44 bits per heavy atom. The first-order valence-electron chi connectivity index (χ1n) is 5.19. The smallest absolute Gasteiger partial charge is 0.182 e. The molecule has 1 unspecified atom stereocenters. The zero-order valence-electron chi connectivity index (χ0n) is 9.20. The van der Waals surface area contributed by atoms with Crippen molar-refractivity contribution in [3.63, 3.8) is 0 Å². The molecule has 5 heteroatoms. The zero-order chi connectivity index (χ0) is 11.9. The van der Waals surface area contributed by atoms with E-state index in [1.54, 1.807) is 12.1 Å². The molecule has 1 N–H and O–H groups in total. The lowest BCUT2D eigenvalue weighted by Crippen LogP contribution is -2.37. The second kappa shape index (κ2) is 3.93. The van der Waals surface area contributed by atoms with E-state index in [9.17, 15) is 8.42 Å². The van der Waals surface area contributed by atoms with E-state index in [0.29, 0.717) is 15.6 Å². The number of sulfone groups is 1. The Hall–Kier alpha value is -0.740. The van der Waals surface area contributed by atoms with Crippen molar-refractivity contribution in [1.29, 1.82) is 0 Å². The van der Waals surface area contributed by atoms with Crippen LogP contribution in [0.4, 0.5) is 5.69 Å². The van der Waals surface area contributed by atoms with Crippen LogP contribution >= 0.6 is 11.6 Å². The normalized spacial score (nSPS) is 22.6. The Morgan fingerprint density at radius 3 is 2.75 bits per heavy atom. The summed E-state index contributed by atoms with van der Waals surface area (Å²) in [7, 11) is -3.21. The highest BCUT2D eigenvalue weighted by Crippen LogP contribution is 2.32. The highest BCUT2D eigenvalue weighted by Gasteiger charge is 2.31. The van der Waals surface area contributed by atoms with Gasteiger partial charge in [-0.15, -0.1) is 0 Å². The minimum Gasteiger partial charge on any atom is -0.380 e. The van der Waals surface area contributed by atoms with Gasteiger partial charge in [-0.3, -0.25) is 0 Å². The molecule has 1 aliphatic rings. The summed E-state index contributed by atoms with van der Waals surface area (Å²) >= 11 is 5.81. The summed E-state index contributed by atoms with van der Waals surface area (Å²) in [6.45, 7) is 4.02. The molecule has 0 aromatic heterocycles. The second-order valence-corrected chi connectivity index (χ2v) is 6.86. The number of halogens is 1. The van der Waals surface area contributed by atoms with Crippen molar-refractivity contribution < 1.29 is 8.42 Å². The Labute approximate surface area is 101 Å². The fraction of sp³-hybridized carbons (Fsp3) is 0.455. The summed E-state index contributed by atoms with van der Waals surface area (Å²) in [5.41, 5.74) is 0.661. The number of hydrogen-bond donors (Lipinski definition) is 1. The molecule has 88 valence electrons. The van der Waals surface area contributed by atoms with Crippen molar-refractivity contribution in [3.8, 4) is 0 Å². The number of anilines is 1. The van der Waals surface area contributed by atoms with Crippen LogP contribution in [0.2, 0.25) is 5.02 Å². The number of fused-ring (bicyclic) bond motifs is 1. The van der Waals surface area contributed by atoms with Gasteiger partial charge in [0.2, 0.25) is 0 Å². The quantitative estimate of drug-likeness (QED) is 0.843. The van der Waals surface area contributed by atoms with Crippen LogP contribution in [-0.4, -0.2) is 20.2 Å². The minimum atomic E-state index is -3.21. The standard InChI is InChI=1S/C11H14ClNO2S/c1-7(2)10-6-16(14,15)11-5-8(12)3-4-9(11)13-10/h3-5,7,10,13H,6H2,1-2H3. The maximum absolute atomic E-state index is 12.0. The summed E-state index contributed by atoms with van der Waals surface area (Å²) in [6, 6.07) is 4.91. The molecule has 0 saturated heterocycles. The predicted octanol–water partition coefficient (Wildman–Crippen LogP) is 2.56. The van der Waals surface area contributed by atoms with Gasteiger partial charge >= 0.3 is 0 Å². The number of benzene rings is 1. The van der Waals surface area contributed by atoms with Gasteiger partial charge in [-0.1, -0.05) is 25.4 Å². The maximum atomic E-state index is 12.0. The molecular weight excluding hydrogens is 246 g/mol. The van der Waals surface area contributed by atoms with E-state index >= 15 is 0 Å². The largest absolute Gasteiger partial charge is 0.380 e. The molecule has 1 aliphatic heterocycles. The third-order valence-electron chi connectivity index (χ3n) is 2.82. The summed E-state index contributed by atoms with van der Waals surface area (Å²) < 4.78 is 24.1. The van der Waals surface area contributed by atoms with Gasteiger partial charge in [0.25, 0.3) is 0 Å². The van der Waals surface area contributed by atoms with Gasteiger partial charge in [0, 0.05) is 11.1 Å². The molecule has 1 aromatic rings. The lowest BCUT2D eigenvalue weighted by Gasteiger charge is -2.29. The van der Waals surface area contributed by atoms with E-state index < -0.39 is 9.84 Å². The van der Waals surface area contributed by atoms with Crippen molar-refractivity contribution in [2.45, 2.75) is 24.8 Å². The number of rotatable bonds is 1. The van der Waals surface area contributed by atoms with Crippen LogP contribution in [0.1, 0.15) is 13.8 Å². The third kappa shape index (κ3) is 2.04. The lowest BCUT2D eigenvalue weighted by atomic mass is 10.1. The van der Waals surface area contributed by atoms with Crippen LogP contribution in [0.3, 0.4) is 0 Å². The second-order valence-electron chi connectivity index (χ2n) is 4.42. The number of hydrogen-bond acceptors (Lipinski definition) is 3. The number of nitrogens with one attached hydrogen (secondary N) is 1. The van der Waals surface area contributed by atoms with Crippen LogP contribution < -0.4 is 5.32 Å². The predicted molar refractivity (Wildman–Crippen MR) is 65.8 cm³/mol. The molecule has 0 saturated carbocycles. The molecule has 0 aliphatic carbocycles. The SMILES string of the molecule is CC(C)C1CS(=O)(=O)c2cc(Cl)ccc2N1. The van der Waals surface area contributed by atoms with Crippen molar-refractivity contribution in [1.82, 2.24) is 0 Å². The van der Waals surface area contributed by atoms with Crippen LogP contribution in [-0.2, 0) is 9.84 Å². The molecule has 0 amide bonds. The first kappa shape index (κ1) is 11.7. The highest BCUT2D eigenvalue weighted by atomic mass is 35.5. The van der Waals surface area contributed by atoms with Gasteiger partial charge in [-0.25, -0.2) is 8.42 Å². The average molecular weight is 260 g/mol. The van der Waals surface area contributed by atoms with Gasteiger partial charge in [-0.2, -0.15) is 0 Å². The first-order valence-corrected chi connectivity index (χ1v) is 7.22. The minimum absolute atomic E-state index is 0.0290. The van der Waals surface area contributed by atoms with Crippen LogP contribution in [0.15, 0.2) is 23.1 Å². The average Bonchev–Trinajstić information content (AvgIpc) is 2.18. The highest BCUT2D eigenvalue weighted by molar-refractivity contribution is 7.91. The summed E-state index contributed by atoms with van der Waals surface area (Å²) in [6.07, 6.45) is 0. The Balaban J connectivity index is 2.52. The molecule has 2 rings (SSSR count). The van der Waals surface area contributed by atoms with Gasteiger partial charge in [0.15, 0.2) is 9.84 Å². The van der Waals surface area contributed by atoms with Crippen LogP contribution in [0.25, 0.3) is 0 Å². The topological polar surface area (TPSA) is 46.2 Å². The molecule has 3 nitrogen and oxygen atoms in total. The fourth-order valence-corrected chi connectivity index (χ4v) is 3.93. The van der Waals surface area contributed by atoms with Crippen molar-refractivity contribution in [2.75, 3.05) is 11.1 Å². The van der Waals surface area contributed by atoms with Gasteiger partial charge < -0.3 is 5.32 Å². The summed E-state index contributed by atoms with van der Waals surface area (Å²) in [5.74, 6) is 0.413. The van der Waals surface area contributed by atoms with E-state index in [1.165, 1.54) is 6.07 Å². The van der Waals surface area contributed by atoms with E-state index in [1.807, 2.05) is 13.8 Å². The third-order valence-corrected chi connectivity index (χ3v) is 4.86. The Kier molecular flexibility index (Phi) is 2.88. The fourth-order valence-electron chi connectivity index (χ4n) is 1.80. The first-order chi connectivity index (χ1) is 7.40. The molecule has 1 aromatic carbocycles. The van der Waals surface area contributed by atoms with E-state index in [-0.39, 0.29) is 17.7 Å². The van der Waals surface area contributed by atoms with Crippen LogP contribution in [0.5, 0.6) is 0 Å².